The number of aromatic hydroxyl groups is 1. The number of rotatable bonds is 1. The fraction of sp³-hybridized carbons (Fsp3) is 0.333. The highest BCUT2D eigenvalue weighted by molar-refractivity contribution is 5.93. The molecule has 7 nitrogen and oxygen atoms in total. The Bertz CT molecular complexity index is 608. The van der Waals surface area contributed by atoms with Gasteiger partial charge in [-0.1, -0.05) is 6.07 Å². The van der Waals surface area contributed by atoms with Crippen LogP contribution in [0.5, 0.6) is 5.75 Å². The Labute approximate surface area is 127 Å². The van der Waals surface area contributed by atoms with E-state index < -0.39 is 17.8 Å². The maximum atomic E-state index is 11.8. The minimum atomic E-state index is -1.57. The van der Waals surface area contributed by atoms with Crippen LogP contribution in [0.15, 0.2) is 36.4 Å². The van der Waals surface area contributed by atoms with Gasteiger partial charge in [-0.2, -0.15) is 0 Å². The van der Waals surface area contributed by atoms with E-state index in [4.69, 9.17) is 9.47 Å². The van der Waals surface area contributed by atoms with Crippen LogP contribution in [0.1, 0.15) is 6.42 Å². The number of hydrogen-bond donors (Lipinski definition) is 2. The van der Waals surface area contributed by atoms with Crippen molar-refractivity contribution in [2.75, 3.05) is 24.5 Å². The topological polar surface area (TPSA) is 88.1 Å². The fourth-order valence-corrected chi connectivity index (χ4v) is 2.58. The summed E-state index contributed by atoms with van der Waals surface area (Å²) < 4.78 is 10.8. The fourth-order valence-electron chi connectivity index (χ4n) is 2.58. The molecular formula is C15H16N2O5. The summed E-state index contributed by atoms with van der Waals surface area (Å²) in [5, 5.41) is 12.8. The van der Waals surface area contributed by atoms with E-state index in [1.165, 1.54) is 6.07 Å². The van der Waals surface area contributed by atoms with E-state index in [-0.39, 0.29) is 12.3 Å². The molecule has 22 heavy (non-hydrogen) atoms. The zero-order valence-electron chi connectivity index (χ0n) is 11.8. The highest BCUT2D eigenvalue weighted by Gasteiger charge is 2.46. The molecule has 0 radical (unpaired) electrons. The molecule has 2 N–H and O–H groups in total. The van der Waals surface area contributed by atoms with Crippen LogP contribution in [-0.2, 0) is 19.1 Å². The molecule has 0 aromatic heterocycles. The van der Waals surface area contributed by atoms with Crippen LogP contribution in [0.4, 0.5) is 5.69 Å². The van der Waals surface area contributed by atoms with Crippen molar-refractivity contribution in [1.82, 2.24) is 5.32 Å². The van der Waals surface area contributed by atoms with E-state index in [1.807, 2.05) is 0 Å². The van der Waals surface area contributed by atoms with Crippen LogP contribution >= 0.6 is 0 Å². The molecule has 0 unspecified atom stereocenters. The highest BCUT2D eigenvalue weighted by atomic mass is 16.8. The summed E-state index contributed by atoms with van der Waals surface area (Å²) >= 11 is 0. The predicted molar refractivity (Wildman–Crippen MR) is 77.0 cm³/mol. The standard InChI is InChI=1S/C15H16N2O5/c18-12-4-1-3-11(9-12)17-8-2-7-16-10-15(17)21-13(19)5-6-14(20)22-15/h1,3-6,9,16,18H,2,7-8,10H2. The number of ether oxygens (including phenoxy) is 2. The second kappa shape index (κ2) is 5.69. The second-order valence-corrected chi connectivity index (χ2v) is 5.09. The van der Waals surface area contributed by atoms with E-state index in [1.54, 1.807) is 23.1 Å². The van der Waals surface area contributed by atoms with Gasteiger partial charge in [-0.25, -0.2) is 9.59 Å². The van der Waals surface area contributed by atoms with Crippen LogP contribution in [0.2, 0.25) is 0 Å². The number of carbonyl (C=O) groups excluding carboxylic acids is 2. The molecule has 0 saturated carbocycles. The number of nitrogens with one attached hydrogen (secondary N) is 1. The van der Waals surface area contributed by atoms with Crippen LogP contribution in [0, 0.1) is 0 Å². The minimum absolute atomic E-state index is 0.0780. The average Bonchev–Trinajstić information content (AvgIpc) is 2.75. The molecule has 1 aromatic carbocycles. The van der Waals surface area contributed by atoms with E-state index in [0.717, 1.165) is 18.6 Å². The van der Waals surface area contributed by atoms with E-state index in [2.05, 4.69) is 5.32 Å². The Morgan fingerprint density at radius 2 is 1.91 bits per heavy atom. The van der Waals surface area contributed by atoms with Crippen molar-refractivity contribution in [1.29, 1.82) is 0 Å². The number of phenols is 1. The van der Waals surface area contributed by atoms with Gasteiger partial charge in [0.25, 0.3) is 0 Å². The van der Waals surface area contributed by atoms with Crippen LogP contribution in [-0.4, -0.2) is 42.6 Å². The maximum Gasteiger partial charge on any atom is 0.356 e. The van der Waals surface area contributed by atoms with Crippen LogP contribution in [0.3, 0.4) is 0 Å². The van der Waals surface area contributed by atoms with E-state index in [0.29, 0.717) is 18.8 Å². The minimum Gasteiger partial charge on any atom is -0.508 e. The first-order chi connectivity index (χ1) is 10.6. The summed E-state index contributed by atoms with van der Waals surface area (Å²) in [4.78, 5) is 25.3. The molecule has 7 heteroatoms. The van der Waals surface area contributed by atoms with Gasteiger partial charge in [-0.15, -0.1) is 0 Å². The molecule has 0 bridgehead atoms. The zero-order valence-corrected chi connectivity index (χ0v) is 11.8. The number of esters is 2. The third kappa shape index (κ3) is 2.75. The number of carbonyl (C=O) groups is 2. The molecule has 1 saturated heterocycles. The average molecular weight is 304 g/mol. The van der Waals surface area contributed by atoms with Gasteiger partial charge in [-0.05, 0) is 25.1 Å². The predicted octanol–water partition coefficient (Wildman–Crippen LogP) is 0.502. The summed E-state index contributed by atoms with van der Waals surface area (Å²) in [5.74, 6) is -2.80. The van der Waals surface area contributed by atoms with Gasteiger partial charge < -0.3 is 19.9 Å². The van der Waals surface area contributed by atoms with Crippen molar-refractivity contribution in [3.05, 3.63) is 36.4 Å². The molecule has 1 spiro atoms. The number of phenolic OH excluding ortho intramolecular Hbond substituents is 1. The molecule has 0 atom stereocenters. The largest absolute Gasteiger partial charge is 0.508 e. The van der Waals surface area contributed by atoms with Crippen molar-refractivity contribution in [3.63, 3.8) is 0 Å². The molecule has 1 aromatic rings. The lowest BCUT2D eigenvalue weighted by Gasteiger charge is -2.40. The SMILES string of the molecule is O=C1C=CC(=O)OC2(CNCCCN2c2cccc(O)c2)O1. The number of hydrogen-bond acceptors (Lipinski definition) is 7. The summed E-state index contributed by atoms with van der Waals surface area (Å²) in [5.41, 5.74) is 0.603. The Morgan fingerprint density at radius 3 is 2.59 bits per heavy atom. The van der Waals surface area contributed by atoms with Gasteiger partial charge in [0.2, 0.25) is 0 Å². The van der Waals surface area contributed by atoms with Crippen molar-refractivity contribution < 1.29 is 24.2 Å². The smallest absolute Gasteiger partial charge is 0.356 e. The lowest BCUT2D eigenvalue weighted by atomic mass is 10.2. The molecule has 116 valence electrons. The Hall–Kier alpha value is -2.54. The van der Waals surface area contributed by atoms with Gasteiger partial charge >= 0.3 is 17.8 Å². The molecular weight excluding hydrogens is 288 g/mol. The van der Waals surface area contributed by atoms with Gasteiger partial charge in [0.15, 0.2) is 0 Å². The maximum absolute atomic E-state index is 11.8. The lowest BCUT2D eigenvalue weighted by molar-refractivity contribution is -0.217. The van der Waals surface area contributed by atoms with Gasteiger partial charge in [0.05, 0.1) is 6.54 Å². The highest BCUT2D eigenvalue weighted by Crippen LogP contribution is 2.31. The third-order valence-corrected chi connectivity index (χ3v) is 3.51. The summed E-state index contributed by atoms with van der Waals surface area (Å²) in [6.45, 7) is 1.33. The molecule has 2 aliphatic rings. The molecule has 1 fully saturated rings. The van der Waals surface area contributed by atoms with E-state index >= 15 is 0 Å². The number of nitrogens with zero attached hydrogens (tertiary/aromatic N) is 1. The molecule has 0 amide bonds. The lowest BCUT2D eigenvalue weighted by Crippen LogP contribution is -2.58. The van der Waals surface area contributed by atoms with Crippen molar-refractivity contribution in [2.24, 2.45) is 0 Å². The number of benzene rings is 1. The molecule has 3 rings (SSSR count). The summed E-state index contributed by atoms with van der Waals surface area (Å²) in [7, 11) is 0. The molecule has 2 heterocycles. The monoisotopic (exact) mass is 304 g/mol. The Kier molecular flexibility index (Phi) is 3.72. The van der Waals surface area contributed by atoms with Crippen LogP contribution < -0.4 is 10.2 Å². The van der Waals surface area contributed by atoms with E-state index in [9.17, 15) is 14.7 Å². The second-order valence-electron chi connectivity index (χ2n) is 5.09. The first-order valence-electron chi connectivity index (χ1n) is 7.00. The first kappa shape index (κ1) is 14.4. The molecule has 2 aliphatic heterocycles. The quantitative estimate of drug-likeness (QED) is 0.730. The summed E-state index contributed by atoms with van der Waals surface area (Å²) in [6, 6.07) is 6.51. The Morgan fingerprint density at radius 1 is 1.18 bits per heavy atom. The normalized spacial score (nSPS) is 21.0. The first-order valence-corrected chi connectivity index (χ1v) is 7.00. The van der Waals surface area contributed by atoms with Crippen LogP contribution in [0.25, 0.3) is 0 Å². The van der Waals surface area contributed by atoms with Gasteiger partial charge in [0, 0.05) is 30.5 Å². The van der Waals surface area contributed by atoms with Crippen molar-refractivity contribution >= 4 is 17.6 Å². The summed E-state index contributed by atoms with van der Waals surface area (Å²) in [6.07, 6.45) is 2.85. The van der Waals surface area contributed by atoms with Gasteiger partial charge in [0.1, 0.15) is 5.75 Å². The zero-order chi connectivity index (χ0) is 15.6. The van der Waals surface area contributed by atoms with Crippen molar-refractivity contribution in [3.8, 4) is 5.75 Å². The van der Waals surface area contributed by atoms with Crippen molar-refractivity contribution in [2.45, 2.75) is 12.3 Å². The molecule has 0 aliphatic carbocycles. The van der Waals surface area contributed by atoms with Gasteiger partial charge in [-0.3, -0.25) is 4.90 Å². The number of anilines is 1. The Balaban J connectivity index is 2.03. The third-order valence-electron chi connectivity index (χ3n) is 3.51.